The highest BCUT2D eigenvalue weighted by molar-refractivity contribution is 5.90. The molecular formula is C21H27FN2O3. The summed E-state index contributed by atoms with van der Waals surface area (Å²) in [5, 5.41) is 0.796. The molecule has 2 saturated heterocycles. The number of para-hydroxylation sites is 1. The van der Waals surface area contributed by atoms with Gasteiger partial charge in [-0.3, -0.25) is 4.79 Å². The van der Waals surface area contributed by atoms with E-state index in [2.05, 4.69) is 4.98 Å². The fraction of sp³-hybridized carbons (Fsp3) is 0.571. The molecular weight excluding hydrogens is 347 g/mol. The van der Waals surface area contributed by atoms with Crippen LogP contribution in [0, 0.1) is 12.7 Å². The van der Waals surface area contributed by atoms with Gasteiger partial charge in [-0.2, -0.15) is 0 Å². The standard InChI is InChI=1S/C21H27FN2O3/c1-14-16(15-5-3-6-17(22)20(15)23-14)13-19(25)24-10-8-21(9-11-24)18(26-2)7-4-12-27-21/h3,5-6,18,23H,4,7-13H2,1-2H3/t18-/m1/s1. The zero-order valence-electron chi connectivity index (χ0n) is 16.0. The minimum absolute atomic E-state index is 0.0860. The van der Waals surface area contributed by atoms with Crippen molar-refractivity contribution in [3.63, 3.8) is 0 Å². The topological polar surface area (TPSA) is 54.6 Å². The lowest BCUT2D eigenvalue weighted by Crippen LogP contribution is -2.56. The van der Waals surface area contributed by atoms with Crippen LogP contribution in [0.15, 0.2) is 18.2 Å². The number of nitrogens with zero attached hydrogens (tertiary/aromatic N) is 1. The number of hydrogen-bond donors (Lipinski definition) is 1. The molecule has 1 N–H and O–H groups in total. The molecule has 27 heavy (non-hydrogen) atoms. The number of nitrogens with one attached hydrogen (secondary N) is 1. The molecule has 4 rings (SSSR count). The van der Waals surface area contributed by atoms with Gasteiger partial charge in [0.2, 0.25) is 5.91 Å². The lowest BCUT2D eigenvalue weighted by molar-refractivity contribution is -0.188. The molecule has 1 spiro atoms. The Labute approximate surface area is 158 Å². The summed E-state index contributed by atoms with van der Waals surface area (Å²) in [4.78, 5) is 17.9. The van der Waals surface area contributed by atoms with E-state index in [0.29, 0.717) is 18.6 Å². The second-order valence-electron chi connectivity index (χ2n) is 7.73. The van der Waals surface area contributed by atoms with Gasteiger partial charge in [0.25, 0.3) is 0 Å². The number of halogens is 1. The van der Waals surface area contributed by atoms with Crippen LogP contribution >= 0.6 is 0 Å². The smallest absolute Gasteiger partial charge is 0.227 e. The number of ether oxygens (including phenoxy) is 2. The van der Waals surface area contributed by atoms with Crippen molar-refractivity contribution >= 4 is 16.8 Å². The lowest BCUT2D eigenvalue weighted by atomic mass is 9.81. The highest BCUT2D eigenvalue weighted by Crippen LogP contribution is 2.37. The van der Waals surface area contributed by atoms with Crippen LogP contribution in [0.25, 0.3) is 10.9 Å². The molecule has 0 radical (unpaired) electrons. The van der Waals surface area contributed by atoms with Crippen LogP contribution in [0.2, 0.25) is 0 Å². The maximum Gasteiger partial charge on any atom is 0.227 e. The minimum atomic E-state index is -0.283. The van der Waals surface area contributed by atoms with Gasteiger partial charge < -0.3 is 19.4 Å². The molecule has 0 unspecified atom stereocenters. The molecule has 2 aliphatic rings. The number of fused-ring (bicyclic) bond motifs is 1. The first kappa shape index (κ1) is 18.4. The Hall–Kier alpha value is -1.92. The van der Waals surface area contributed by atoms with Crippen molar-refractivity contribution in [2.45, 2.75) is 50.7 Å². The van der Waals surface area contributed by atoms with E-state index in [9.17, 15) is 9.18 Å². The van der Waals surface area contributed by atoms with Crippen LogP contribution in [0.3, 0.4) is 0 Å². The number of aromatic amines is 1. The summed E-state index contributed by atoms with van der Waals surface area (Å²) in [6, 6.07) is 4.99. The normalized spacial score (nSPS) is 22.5. The Morgan fingerprint density at radius 2 is 2.19 bits per heavy atom. The molecule has 0 saturated carbocycles. The summed E-state index contributed by atoms with van der Waals surface area (Å²) in [6.45, 7) is 4.02. The lowest BCUT2D eigenvalue weighted by Gasteiger charge is -2.48. The first-order valence-corrected chi connectivity index (χ1v) is 9.74. The van der Waals surface area contributed by atoms with Crippen molar-refractivity contribution in [1.29, 1.82) is 0 Å². The van der Waals surface area contributed by atoms with Crippen molar-refractivity contribution in [3.05, 3.63) is 35.3 Å². The van der Waals surface area contributed by atoms with Gasteiger partial charge in [-0.25, -0.2) is 4.39 Å². The Kier molecular flexibility index (Phi) is 4.95. The SMILES string of the molecule is CO[C@@H]1CCCOC12CCN(C(=O)Cc1c(C)[nH]c3c(F)cccc13)CC2. The highest BCUT2D eigenvalue weighted by Gasteiger charge is 2.45. The molecule has 1 aromatic carbocycles. The fourth-order valence-corrected chi connectivity index (χ4v) is 4.69. The van der Waals surface area contributed by atoms with E-state index in [1.165, 1.54) is 6.07 Å². The number of piperidine rings is 1. The number of carbonyl (C=O) groups is 1. The van der Waals surface area contributed by atoms with Crippen LogP contribution in [-0.2, 0) is 20.7 Å². The van der Waals surface area contributed by atoms with E-state index in [1.54, 1.807) is 13.2 Å². The molecule has 0 aliphatic carbocycles. The van der Waals surface area contributed by atoms with Crippen molar-refractivity contribution in [2.24, 2.45) is 0 Å². The summed E-state index contributed by atoms with van der Waals surface area (Å²) in [5.74, 6) is -0.197. The average Bonchev–Trinajstić information content (AvgIpc) is 3.00. The zero-order chi connectivity index (χ0) is 19.0. The van der Waals surface area contributed by atoms with E-state index >= 15 is 0 Å². The third kappa shape index (κ3) is 3.25. The number of aryl methyl sites for hydroxylation is 1. The van der Waals surface area contributed by atoms with E-state index in [4.69, 9.17) is 9.47 Å². The summed E-state index contributed by atoms with van der Waals surface area (Å²) in [6.07, 6.45) is 4.06. The maximum absolute atomic E-state index is 14.0. The van der Waals surface area contributed by atoms with Crippen molar-refractivity contribution in [1.82, 2.24) is 9.88 Å². The molecule has 0 bridgehead atoms. The third-order valence-electron chi connectivity index (χ3n) is 6.27. The quantitative estimate of drug-likeness (QED) is 0.896. The van der Waals surface area contributed by atoms with Gasteiger partial charge in [0, 0.05) is 37.9 Å². The van der Waals surface area contributed by atoms with E-state index in [1.807, 2.05) is 17.9 Å². The molecule has 146 valence electrons. The molecule has 1 atom stereocenters. The number of rotatable bonds is 3. The fourth-order valence-electron chi connectivity index (χ4n) is 4.69. The molecule has 5 nitrogen and oxygen atoms in total. The summed E-state index contributed by atoms with van der Waals surface area (Å²) in [7, 11) is 1.75. The number of hydrogen-bond acceptors (Lipinski definition) is 3. The van der Waals surface area contributed by atoms with Crippen LogP contribution in [-0.4, -0.2) is 54.3 Å². The Bertz CT molecular complexity index is 839. The number of methoxy groups -OCH3 is 1. The van der Waals surface area contributed by atoms with Crippen molar-refractivity contribution < 1.29 is 18.7 Å². The molecule has 3 heterocycles. The number of aromatic nitrogens is 1. The molecule has 2 aliphatic heterocycles. The molecule has 6 heteroatoms. The predicted molar refractivity (Wildman–Crippen MR) is 101 cm³/mol. The van der Waals surface area contributed by atoms with E-state index < -0.39 is 0 Å². The van der Waals surface area contributed by atoms with Crippen LogP contribution in [0.5, 0.6) is 0 Å². The van der Waals surface area contributed by atoms with E-state index in [-0.39, 0.29) is 29.9 Å². The molecule has 2 fully saturated rings. The Balaban J connectivity index is 1.46. The first-order chi connectivity index (χ1) is 13.0. The van der Waals surface area contributed by atoms with Crippen LogP contribution in [0.4, 0.5) is 4.39 Å². The van der Waals surface area contributed by atoms with Crippen molar-refractivity contribution in [2.75, 3.05) is 26.8 Å². The molecule has 1 aromatic heterocycles. The molecule has 2 aromatic rings. The average molecular weight is 374 g/mol. The second-order valence-corrected chi connectivity index (χ2v) is 7.73. The minimum Gasteiger partial charge on any atom is -0.378 e. The number of amides is 1. The maximum atomic E-state index is 14.0. The number of likely N-dealkylation sites (tertiary alicyclic amines) is 1. The van der Waals surface area contributed by atoms with Gasteiger partial charge in [-0.1, -0.05) is 12.1 Å². The Morgan fingerprint density at radius 1 is 1.41 bits per heavy atom. The van der Waals surface area contributed by atoms with Crippen LogP contribution in [0.1, 0.15) is 36.9 Å². The Morgan fingerprint density at radius 3 is 2.93 bits per heavy atom. The zero-order valence-corrected chi connectivity index (χ0v) is 16.0. The number of carbonyl (C=O) groups excluding carboxylic acids is 1. The second kappa shape index (κ2) is 7.24. The van der Waals surface area contributed by atoms with Gasteiger partial charge >= 0.3 is 0 Å². The van der Waals surface area contributed by atoms with Gasteiger partial charge in [-0.15, -0.1) is 0 Å². The van der Waals surface area contributed by atoms with Gasteiger partial charge in [-0.05, 0) is 44.2 Å². The summed E-state index contributed by atoms with van der Waals surface area (Å²) < 4.78 is 25.8. The number of H-pyrrole nitrogens is 1. The van der Waals surface area contributed by atoms with Gasteiger partial charge in [0.1, 0.15) is 5.82 Å². The third-order valence-corrected chi connectivity index (χ3v) is 6.27. The predicted octanol–water partition coefficient (Wildman–Crippen LogP) is 3.34. The first-order valence-electron chi connectivity index (χ1n) is 9.74. The highest BCUT2D eigenvalue weighted by atomic mass is 19.1. The largest absolute Gasteiger partial charge is 0.378 e. The summed E-state index contributed by atoms with van der Waals surface area (Å²) in [5.41, 5.74) is 1.98. The number of benzene rings is 1. The molecule has 1 amide bonds. The van der Waals surface area contributed by atoms with Crippen molar-refractivity contribution in [3.8, 4) is 0 Å². The van der Waals surface area contributed by atoms with Gasteiger partial charge in [0.15, 0.2) is 0 Å². The monoisotopic (exact) mass is 374 g/mol. The van der Waals surface area contributed by atoms with Gasteiger partial charge in [0.05, 0.1) is 23.6 Å². The summed E-state index contributed by atoms with van der Waals surface area (Å²) >= 11 is 0. The van der Waals surface area contributed by atoms with Crippen LogP contribution < -0.4 is 0 Å². The van der Waals surface area contributed by atoms with E-state index in [0.717, 1.165) is 48.9 Å².